The first-order chi connectivity index (χ1) is 9.31. The highest BCUT2D eigenvalue weighted by Crippen LogP contribution is 2.40. The molecule has 1 aromatic rings. The van der Waals surface area contributed by atoms with Gasteiger partial charge in [0.05, 0.1) is 11.7 Å². The van der Waals surface area contributed by atoms with E-state index >= 15 is 0 Å². The van der Waals surface area contributed by atoms with Crippen LogP contribution < -0.4 is 0 Å². The van der Waals surface area contributed by atoms with Crippen LogP contribution in [0.2, 0.25) is 0 Å². The number of alkyl halides is 1. The van der Waals surface area contributed by atoms with Gasteiger partial charge in [-0.1, -0.05) is 48.0 Å². The molecule has 2 saturated carbocycles. The van der Waals surface area contributed by atoms with Crippen LogP contribution in [0.1, 0.15) is 69.5 Å². The van der Waals surface area contributed by atoms with Gasteiger partial charge in [0.15, 0.2) is 0 Å². The van der Waals surface area contributed by atoms with Crippen LogP contribution >= 0.6 is 15.9 Å². The smallest absolute Gasteiger partial charge is 0.0630 e. The summed E-state index contributed by atoms with van der Waals surface area (Å²) < 4.78 is 2.24. The van der Waals surface area contributed by atoms with Gasteiger partial charge in [-0.15, -0.1) is 0 Å². The minimum absolute atomic E-state index is 0.479. The summed E-state index contributed by atoms with van der Waals surface area (Å²) in [5.41, 5.74) is 1.79. The summed E-state index contributed by atoms with van der Waals surface area (Å²) in [5, 5.41) is 6.01. The van der Waals surface area contributed by atoms with Crippen LogP contribution in [-0.4, -0.2) is 15.1 Å². The zero-order chi connectivity index (χ0) is 13.1. The van der Waals surface area contributed by atoms with E-state index in [-0.39, 0.29) is 0 Å². The van der Waals surface area contributed by atoms with Crippen molar-refractivity contribution in [2.45, 2.75) is 70.3 Å². The minimum Gasteiger partial charge on any atom is -0.269 e. The standard InChI is InChI=1S/C16H25BrN2/c17-13-16(9-4-1-5-10-16)12-14-8-11-19(18-14)15-6-2-3-7-15/h8,11,15H,1-7,9-10,12-13H2. The van der Waals surface area contributed by atoms with E-state index in [1.165, 1.54) is 63.5 Å². The quantitative estimate of drug-likeness (QED) is 0.721. The van der Waals surface area contributed by atoms with Gasteiger partial charge in [0.2, 0.25) is 0 Å². The lowest BCUT2D eigenvalue weighted by molar-refractivity contribution is 0.220. The molecule has 0 aliphatic heterocycles. The molecule has 2 nitrogen and oxygen atoms in total. The molecule has 3 rings (SSSR count). The number of hydrogen-bond acceptors (Lipinski definition) is 1. The number of aromatic nitrogens is 2. The van der Waals surface area contributed by atoms with E-state index in [1.807, 2.05) is 0 Å². The lowest BCUT2D eigenvalue weighted by Crippen LogP contribution is -2.28. The van der Waals surface area contributed by atoms with Crippen molar-refractivity contribution < 1.29 is 0 Å². The summed E-state index contributed by atoms with van der Waals surface area (Å²) in [6, 6.07) is 2.94. The molecule has 2 aliphatic rings. The second kappa shape index (κ2) is 5.99. The summed E-state index contributed by atoms with van der Waals surface area (Å²) in [4.78, 5) is 0. The van der Waals surface area contributed by atoms with Gasteiger partial charge >= 0.3 is 0 Å². The third kappa shape index (κ3) is 3.07. The van der Waals surface area contributed by atoms with Gasteiger partial charge in [0.25, 0.3) is 0 Å². The molecule has 1 aromatic heterocycles. The fourth-order valence-electron chi connectivity index (χ4n) is 3.89. The molecule has 3 heteroatoms. The molecule has 0 N–H and O–H groups in total. The van der Waals surface area contributed by atoms with E-state index < -0.39 is 0 Å². The zero-order valence-electron chi connectivity index (χ0n) is 11.8. The first-order valence-electron chi connectivity index (χ1n) is 7.91. The normalized spacial score (nSPS) is 23.8. The molecule has 0 atom stereocenters. The molecule has 0 aromatic carbocycles. The Morgan fingerprint density at radius 1 is 1.16 bits per heavy atom. The fourth-order valence-corrected chi connectivity index (χ4v) is 4.65. The topological polar surface area (TPSA) is 17.8 Å². The summed E-state index contributed by atoms with van der Waals surface area (Å²) >= 11 is 3.76. The van der Waals surface area contributed by atoms with Crippen LogP contribution in [0.5, 0.6) is 0 Å². The third-order valence-corrected chi connectivity index (χ3v) is 6.31. The van der Waals surface area contributed by atoms with Gasteiger partial charge in [-0.3, -0.25) is 4.68 Å². The Bertz CT molecular complexity index is 401. The molecule has 0 radical (unpaired) electrons. The Kier molecular flexibility index (Phi) is 4.30. The molecule has 106 valence electrons. The summed E-state index contributed by atoms with van der Waals surface area (Å²) in [5.74, 6) is 0. The van der Waals surface area contributed by atoms with Gasteiger partial charge in [-0.05, 0) is 43.6 Å². The van der Waals surface area contributed by atoms with E-state index in [4.69, 9.17) is 5.10 Å². The second-order valence-corrected chi connectivity index (χ2v) is 7.16. The van der Waals surface area contributed by atoms with Crippen molar-refractivity contribution in [2.75, 3.05) is 5.33 Å². The summed E-state index contributed by atoms with van der Waals surface area (Å²) in [6.07, 6.45) is 15.7. The summed E-state index contributed by atoms with van der Waals surface area (Å²) in [7, 11) is 0. The van der Waals surface area contributed by atoms with Crippen LogP contribution in [0.3, 0.4) is 0 Å². The molecule has 0 spiro atoms. The Labute approximate surface area is 125 Å². The van der Waals surface area contributed by atoms with Crippen LogP contribution in [0.4, 0.5) is 0 Å². The average molecular weight is 325 g/mol. The number of halogens is 1. The van der Waals surface area contributed by atoms with Crippen LogP contribution in [0, 0.1) is 5.41 Å². The van der Waals surface area contributed by atoms with E-state index in [9.17, 15) is 0 Å². The molecule has 19 heavy (non-hydrogen) atoms. The SMILES string of the molecule is BrCC1(Cc2ccn(C3CCCC3)n2)CCCCC1. The first-order valence-corrected chi connectivity index (χ1v) is 9.04. The third-order valence-electron chi connectivity index (χ3n) is 5.12. The molecule has 2 fully saturated rings. The maximum atomic E-state index is 4.88. The number of hydrogen-bond donors (Lipinski definition) is 0. The molecule has 0 saturated heterocycles. The highest BCUT2D eigenvalue weighted by Gasteiger charge is 2.32. The van der Waals surface area contributed by atoms with Gasteiger partial charge in [0.1, 0.15) is 0 Å². The zero-order valence-corrected chi connectivity index (χ0v) is 13.4. The highest BCUT2D eigenvalue weighted by molar-refractivity contribution is 9.09. The minimum atomic E-state index is 0.479. The molecular weight excluding hydrogens is 300 g/mol. The monoisotopic (exact) mass is 324 g/mol. The van der Waals surface area contributed by atoms with E-state index in [0.717, 1.165) is 11.8 Å². The highest BCUT2D eigenvalue weighted by atomic mass is 79.9. The van der Waals surface area contributed by atoms with Crippen molar-refractivity contribution in [1.82, 2.24) is 9.78 Å². The predicted molar refractivity (Wildman–Crippen MR) is 82.7 cm³/mol. The molecule has 1 heterocycles. The van der Waals surface area contributed by atoms with Gasteiger partial charge < -0.3 is 0 Å². The van der Waals surface area contributed by atoms with Crippen molar-refractivity contribution in [3.05, 3.63) is 18.0 Å². The van der Waals surface area contributed by atoms with Crippen LogP contribution in [0.25, 0.3) is 0 Å². The van der Waals surface area contributed by atoms with Crippen LogP contribution in [-0.2, 0) is 6.42 Å². The molecule has 2 aliphatic carbocycles. The maximum absolute atomic E-state index is 4.88. The van der Waals surface area contributed by atoms with Crippen molar-refractivity contribution in [1.29, 1.82) is 0 Å². The molecule has 0 unspecified atom stereocenters. The Hall–Kier alpha value is -0.310. The lowest BCUT2D eigenvalue weighted by atomic mass is 9.73. The Balaban J connectivity index is 1.68. The lowest BCUT2D eigenvalue weighted by Gasteiger charge is -2.35. The molecule has 0 bridgehead atoms. The van der Waals surface area contributed by atoms with E-state index in [0.29, 0.717) is 11.5 Å². The molecule has 0 amide bonds. The van der Waals surface area contributed by atoms with Crippen molar-refractivity contribution in [3.8, 4) is 0 Å². The Morgan fingerprint density at radius 3 is 2.58 bits per heavy atom. The largest absolute Gasteiger partial charge is 0.269 e. The molecular formula is C16H25BrN2. The summed E-state index contributed by atoms with van der Waals surface area (Å²) in [6.45, 7) is 0. The predicted octanol–water partition coefficient (Wildman–Crippen LogP) is 4.89. The van der Waals surface area contributed by atoms with Gasteiger partial charge in [-0.25, -0.2) is 0 Å². The van der Waals surface area contributed by atoms with E-state index in [1.54, 1.807) is 0 Å². The van der Waals surface area contributed by atoms with Crippen molar-refractivity contribution >= 4 is 15.9 Å². The fraction of sp³-hybridized carbons (Fsp3) is 0.812. The van der Waals surface area contributed by atoms with Gasteiger partial charge in [-0.2, -0.15) is 5.10 Å². The van der Waals surface area contributed by atoms with Crippen molar-refractivity contribution in [2.24, 2.45) is 5.41 Å². The maximum Gasteiger partial charge on any atom is 0.0630 e. The first kappa shape index (κ1) is 13.7. The number of nitrogens with zero attached hydrogens (tertiary/aromatic N) is 2. The second-order valence-electron chi connectivity index (χ2n) is 6.60. The van der Waals surface area contributed by atoms with Gasteiger partial charge in [0, 0.05) is 11.5 Å². The van der Waals surface area contributed by atoms with E-state index in [2.05, 4.69) is 32.9 Å². The average Bonchev–Trinajstić information content (AvgIpc) is 3.10. The van der Waals surface area contributed by atoms with Crippen LogP contribution in [0.15, 0.2) is 12.3 Å². The van der Waals surface area contributed by atoms with Crippen molar-refractivity contribution in [3.63, 3.8) is 0 Å². The number of rotatable bonds is 4. The Morgan fingerprint density at radius 2 is 1.89 bits per heavy atom.